The van der Waals surface area contributed by atoms with E-state index >= 15 is 0 Å². The zero-order chi connectivity index (χ0) is 15.7. The van der Waals surface area contributed by atoms with Crippen molar-refractivity contribution >= 4 is 34.9 Å². The molecule has 1 aliphatic rings. The summed E-state index contributed by atoms with van der Waals surface area (Å²) in [6.45, 7) is 0. The Morgan fingerprint density at radius 2 is 1.83 bits per heavy atom. The molecule has 0 unspecified atom stereocenters. The van der Waals surface area contributed by atoms with E-state index in [0.717, 1.165) is 0 Å². The van der Waals surface area contributed by atoms with Crippen LogP contribution in [0.5, 0.6) is 0 Å². The van der Waals surface area contributed by atoms with Crippen LogP contribution in [0, 0.1) is 0 Å². The van der Waals surface area contributed by atoms with Gasteiger partial charge in [0.05, 0.1) is 11.4 Å². The number of carbonyl (C=O) groups excluding carboxylic acids is 1. The number of benzodiazepines with no additional fused rings is 1. The number of carbonyl (C=O) groups is 2. The number of hydrogen-bond donors (Lipinski definition) is 2. The molecule has 2 aromatic carbocycles. The first-order valence-electron chi connectivity index (χ1n) is 6.53. The molecule has 0 fully saturated rings. The van der Waals surface area contributed by atoms with Crippen LogP contribution in [0.25, 0.3) is 0 Å². The Morgan fingerprint density at radius 3 is 2.46 bits per heavy atom. The number of anilines is 1. The molecule has 5 nitrogen and oxygen atoms in total. The summed E-state index contributed by atoms with van der Waals surface area (Å²) >= 11 is 6.03. The molecule has 114 valence electrons. The molecule has 3 rings (SSSR count). The van der Waals surface area contributed by atoms with Crippen molar-refractivity contribution in [1.29, 1.82) is 0 Å². The summed E-state index contributed by atoms with van der Waals surface area (Å²) in [4.78, 5) is 27.5. The van der Waals surface area contributed by atoms with Gasteiger partial charge in [0.2, 0.25) is 6.04 Å². The Labute approximate surface area is 232 Å². The minimum absolute atomic E-state index is 0. The quantitative estimate of drug-likeness (QED) is 0.416. The van der Waals surface area contributed by atoms with Gasteiger partial charge < -0.3 is 13.3 Å². The maximum atomic E-state index is 12.0. The van der Waals surface area contributed by atoms with Crippen molar-refractivity contribution < 1.29 is 120 Å². The molecule has 1 aliphatic heterocycles. The Balaban J connectivity index is 0. The maximum Gasteiger partial charge on any atom is 1.00 e. The maximum absolute atomic E-state index is 12.0. The molecule has 0 saturated heterocycles. The van der Waals surface area contributed by atoms with Crippen LogP contribution in [0.4, 0.5) is 5.69 Å². The molecular formula is C16H13ClK2N2O3. The molecule has 0 bridgehead atoms. The standard InChI is InChI=1S/C16H11ClN2O3.2K.2H/c17-10-6-7-12-11(8-10)13(9-4-2-1-3-5-9)19-14(16(21)22)15(20)18-12;;;;/h1-8,14H,(H,18,20)(H,21,22);;;;/q;2*+1;2*-1/t14-;;;;/m1..../s1. The Hall–Kier alpha value is 0.613. The van der Waals surface area contributed by atoms with Gasteiger partial charge in [-0.3, -0.25) is 9.79 Å². The number of aliphatic imine (C=N–C) groups is 1. The monoisotopic (exact) mass is 394 g/mol. The van der Waals surface area contributed by atoms with E-state index in [2.05, 4.69) is 10.3 Å². The topological polar surface area (TPSA) is 78.8 Å². The molecule has 24 heavy (non-hydrogen) atoms. The van der Waals surface area contributed by atoms with E-state index in [1.807, 2.05) is 18.2 Å². The molecule has 0 saturated carbocycles. The summed E-state index contributed by atoms with van der Waals surface area (Å²) in [5, 5.41) is 12.3. The number of hydrogen-bond acceptors (Lipinski definition) is 3. The molecule has 2 N–H and O–H groups in total. The van der Waals surface area contributed by atoms with Gasteiger partial charge in [0.15, 0.2) is 0 Å². The first-order chi connectivity index (χ1) is 10.6. The second kappa shape index (κ2) is 10.1. The smallest absolute Gasteiger partial charge is 1.00 e. The van der Waals surface area contributed by atoms with Crippen molar-refractivity contribution in [2.75, 3.05) is 5.32 Å². The second-order valence-corrected chi connectivity index (χ2v) is 5.20. The van der Waals surface area contributed by atoms with Gasteiger partial charge in [-0.1, -0.05) is 41.9 Å². The van der Waals surface area contributed by atoms with E-state index < -0.39 is 17.9 Å². The zero-order valence-electron chi connectivity index (χ0n) is 15.3. The average Bonchev–Trinajstić information content (AvgIpc) is 2.64. The first kappa shape index (κ1) is 22.7. The Kier molecular flexibility index (Phi) is 9.51. The van der Waals surface area contributed by atoms with Crippen molar-refractivity contribution in [2.24, 2.45) is 4.99 Å². The molecule has 1 heterocycles. The summed E-state index contributed by atoms with van der Waals surface area (Å²) in [7, 11) is 0. The average molecular weight is 395 g/mol. The number of aliphatic carboxylic acids is 1. The van der Waals surface area contributed by atoms with Crippen molar-refractivity contribution in [3.63, 3.8) is 0 Å². The van der Waals surface area contributed by atoms with Crippen molar-refractivity contribution in [3.05, 3.63) is 64.7 Å². The largest absolute Gasteiger partial charge is 1.00 e. The van der Waals surface area contributed by atoms with Gasteiger partial charge in [0, 0.05) is 16.1 Å². The number of carboxylic acids is 1. The number of carboxylic acid groups (broad SMARTS) is 1. The first-order valence-corrected chi connectivity index (χ1v) is 6.91. The fourth-order valence-electron chi connectivity index (χ4n) is 2.27. The number of halogens is 1. The molecule has 1 amide bonds. The summed E-state index contributed by atoms with van der Waals surface area (Å²) in [6, 6.07) is 12.5. The molecule has 0 spiro atoms. The minimum Gasteiger partial charge on any atom is -1.00 e. The number of rotatable bonds is 2. The van der Waals surface area contributed by atoms with Crippen LogP contribution in [-0.4, -0.2) is 28.7 Å². The van der Waals surface area contributed by atoms with E-state index in [4.69, 9.17) is 11.6 Å². The van der Waals surface area contributed by atoms with Crippen molar-refractivity contribution in [3.8, 4) is 0 Å². The van der Waals surface area contributed by atoms with E-state index in [-0.39, 0.29) is 106 Å². The van der Waals surface area contributed by atoms with Gasteiger partial charge in [-0.05, 0) is 18.2 Å². The second-order valence-electron chi connectivity index (χ2n) is 4.76. The van der Waals surface area contributed by atoms with E-state index in [1.165, 1.54) is 0 Å². The molecular weight excluding hydrogens is 382 g/mol. The third-order valence-electron chi connectivity index (χ3n) is 3.28. The van der Waals surface area contributed by atoms with Crippen LogP contribution in [-0.2, 0) is 9.59 Å². The number of nitrogens with one attached hydrogen (secondary N) is 1. The van der Waals surface area contributed by atoms with Crippen LogP contribution >= 0.6 is 11.6 Å². The molecule has 2 aromatic rings. The molecule has 0 aliphatic carbocycles. The van der Waals surface area contributed by atoms with Crippen molar-refractivity contribution in [1.82, 2.24) is 0 Å². The van der Waals surface area contributed by atoms with E-state index in [1.54, 1.807) is 30.3 Å². The molecule has 0 aromatic heterocycles. The van der Waals surface area contributed by atoms with E-state index in [9.17, 15) is 14.7 Å². The summed E-state index contributed by atoms with van der Waals surface area (Å²) in [5.74, 6) is -1.98. The third-order valence-corrected chi connectivity index (χ3v) is 3.52. The predicted molar refractivity (Wildman–Crippen MR) is 85.8 cm³/mol. The van der Waals surface area contributed by atoms with E-state index in [0.29, 0.717) is 27.5 Å². The van der Waals surface area contributed by atoms with Gasteiger partial charge in [-0.15, -0.1) is 0 Å². The van der Waals surface area contributed by atoms with Crippen LogP contribution in [0.3, 0.4) is 0 Å². The zero-order valence-corrected chi connectivity index (χ0v) is 20.3. The van der Waals surface area contributed by atoms with Crippen LogP contribution in [0.15, 0.2) is 53.5 Å². The van der Waals surface area contributed by atoms with Gasteiger partial charge in [0.1, 0.15) is 0 Å². The number of amides is 1. The van der Waals surface area contributed by atoms with Gasteiger partial charge in [-0.25, -0.2) is 4.79 Å². The van der Waals surface area contributed by atoms with Crippen LogP contribution in [0.2, 0.25) is 5.02 Å². The van der Waals surface area contributed by atoms with Gasteiger partial charge >= 0.3 is 109 Å². The third kappa shape index (κ3) is 5.08. The fraction of sp³-hybridized carbons (Fsp3) is 0.0625. The minimum atomic E-state index is -1.50. The fourth-order valence-corrected chi connectivity index (χ4v) is 2.45. The Morgan fingerprint density at radius 1 is 1.17 bits per heavy atom. The van der Waals surface area contributed by atoms with Gasteiger partial charge in [0.25, 0.3) is 5.91 Å². The normalized spacial score (nSPS) is 15.6. The van der Waals surface area contributed by atoms with Crippen LogP contribution in [0.1, 0.15) is 14.0 Å². The number of fused-ring (bicyclic) bond motifs is 1. The summed E-state index contributed by atoms with van der Waals surface area (Å²) in [6.07, 6.45) is 0. The predicted octanol–water partition coefficient (Wildman–Crippen LogP) is -3.18. The summed E-state index contributed by atoms with van der Waals surface area (Å²) in [5.41, 5.74) is 2.22. The van der Waals surface area contributed by atoms with Gasteiger partial charge in [-0.2, -0.15) is 0 Å². The van der Waals surface area contributed by atoms with Crippen LogP contribution < -0.4 is 108 Å². The Bertz CT molecular complexity index is 807. The molecule has 8 heteroatoms. The molecule has 0 radical (unpaired) electrons. The SMILES string of the molecule is O=C(O)[C@@H]1N=C(c2ccccc2)c2cc(Cl)ccc2NC1=O.[H-].[H-].[K+].[K+]. The number of benzene rings is 2. The van der Waals surface area contributed by atoms with Crippen molar-refractivity contribution in [2.45, 2.75) is 6.04 Å². The number of nitrogens with zero attached hydrogens (tertiary/aromatic N) is 1. The molecule has 1 atom stereocenters. The summed E-state index contributed by atoms with van der Waals surface area (Å²) < 4.78 is 0.